The first kappa shape index (κ1) is 13.1. The quantitative estimate of drug-likeness (QED) is 0.743. The maximum atomic E-state index is 11.9. The predicted octanol–water partition coefficient (Wildman–Crippen LogP) is 2.84. The monoisotopic (exact) mass is 277 g/mol. The average molecular weight is 277 g/mol. The Morgan fingerprint density at radius 1 is 1.10 bits per heavy atom. The highest BCUT2D eigenvalue weighted by Gasteiger charge is 2.52. The number of cyclic esters (lactones) is 1. The molecule has 4 aliphatic carbocycles. The van der Waals surface area contributed by atoms with Crippen LogP contribution in [0.3, 0.4) is 0 Å². The molecule has 2 atom stereocenters. The zero-order valence-electron chi connectivity index (χ0n) is 12.8. The van der Waals surface area contributed by atoms with E-state index in [0.29, 0.717) is 5.41 Å². The third-order valence-electron chi connectivity index (χ3n) is 6.43. The Hall–Kier alpha value is -0.570. The van der Waals surface area contributed by atoms with Crippen molar-refractivity contribution in [2.45, 2.75) is 64.0 Å². The zero-order chi connectivity index (χ0) is 13.9. The minimum absolute atomic E-state index is 0.00438. The van der Waals surface area contributed by atoms with Crippen LogP contribution >= 0.6 is 0 Å². The van der Waals surface area contributed by atoms with Crippen molar-refractivity contribution < 1.29 is 9.53 Å². The van der Waals surface area contributed by atoms with Crippen molar-refractivity contribution >= 4 is 5.97 Å². The molecule has 4 saturated carbocycles. The number of ether oxygens (including phenoxy) is 1. The Balaban J connectivity index is 1.47. The molecule has 5 rings (SSSR count). The first-order valence-electron chi connectivity index (χ1n) is 8.44. The number of carbonyl (C=O) groups excluding carboxylic acids is 1. The summed E-state index contributed by atoms with van der Waals surface area (Å²) in [6, 6.07) is 0.0120. The van der Waals surface area contributed by atoms with Crippen LogP contribution in [0.1, 0.15) is 51.9 Å². The van der Waals surface area contributed by atoms with Gasteiger partial charge in [0.2, 0.25) is 0 Å². The summed E-state index contributed by atoms with van der Waals surface area (Å²) in [5.74, 6) is 2.97. The number of hydrogen-bond acceptors (Lipinski definition) is 3. The smallest absolute Gasteiger partial charge is 0.323 e. The van der Waals surface area contributed by atoms with E-state index in [2.05, 4.69) is 11.9 Å². The summed E-state index contributed by atoms with van der Waals surface area (Å²) in [7, 11) is 2.14. The van der Waals surface area contributed by atoms with Crippen molar-refractivity contribution in [2.75, 3.05) is 13.6 Å². The van der Waals surface area contributed by atoms with Gasteiger partial charge in [-0.15, -0.1) is 0 Å². The largest absolute Gasteiger partial charge is 0.461 e. The Bertz CT molecular complexity index is 384. The molecule has 1 saturated heterocycles. The Morgan fingerprint density at radius 3 is 2.10 bits per heavy atom. The molecule has 5 fully saturated rings. The van der Waals surface area contributed by atoms with E-state index >= 15 is 0 Å². The van der Waals surface area contributed by atoms with Gasteiger partial charge in [-0.3, -0.25) is 9.69 Å². The number of nitrogens with zero attached hydrogens (tertiary/aromatic N) is 1. The van der Waals surface area contributed by atoms with E-state index in [1.54, 1.807) is 0 Å². The Kier molecular flexibility index (Phi) is 2.93. The summed E-state index contributed by atoms with van der Waals surface area (Å²) in [5.41, 5.74) is 0.523. The first-order chi connectivity index (χ1) is 9.53. The number of esters is 1. The van der Waals surface area contributed by atoms with Crippen LogP contribution in [0.25, 0.3) is 0 Å². The highest BCUT2D eigenvalue weighted by Crippen LogP contribution is 2.60. The molecule has 0 amide bonds. The van der Waals surface area contributed by atoms with E-state index in [9.17, 15) is 4.79 Å². The van der Waals surface area contributed by atoms with Gasteiger partial charge in [0.05, 0.1) is 0 Å². The third-order valence-corrected chi connectivity index (χ3v) is 6.43. The van der Waals surface area contributed by atoms with Gasteiger partial charge in [-0.1, -0.05) is 0 Å². The molecular weight excluding hydrogens is 250 g/mol. The van der Waals surface area contributed by atoms with Crippen molar-refractivity contribution in [1.29, 1.82) is 0 Å². The molecular formula is C17H27NO2. The van der Waals surface area contributed by atoms with E-state index in [1.807, 2.05) is 6.92 Å². The second-order valence-corrected chi connectivity index (χ2v) is 8.33. The molecule has 4 bridgehead atoms. The lowest BCUT2D eigenvalue weighted by Crippen LogP contribution is -2.52. The maximum absolute atomic E-state index is 11.9. The second kappa shape index (κ2) is 4.46. The number of likely N-dealkylation sites (N-methyl/N-ethyl adjacent to an activating group) is 1. The normalized spacial score (nSPS) is 50.0. The Morgan fingerprint density at radius 2 is 1.65 bits per heavy atom. The average Bonchev–Trinajstić information content (AvgIpc) is 2.66. The highest BCUT2D eigenvalue weighted by molar-refractivity contribution is 5.77. The maximum Gasteiger partial charge on any atom is 0.323 e. The van der Waals surface area contributed by atoms with Gasteiger partial charge < -0.3 is 4.74 Å². The lowest BCUT2D eigenvalue weighted by atomic mass is 9.49. The van der Waals surface area contributed by atoms with Gasteiger partial charge in [-0.2, -0.15) is 0 Å². The summed E-state index contributed by atoms with van der Waals surface area (Å²) in [5, 5.41) is 0. The van der Waals surface area contributed by atoms with Crippen LogP contribution in [0.4, 0.5) is 0 Å². The van der Waals surface area contributed by atoms with Gasteiger partial charge in [0, 0.05) is 13.0 Å². The minimum atomic E-state index is 0.00438. The summed E-state index contributed by atoms with van der Waals surface area (Å²) in [6.07, 6.45) is 9.71. The van der Waals surface area contributed by atoms with Crippen LogP contribution in [-0.4, -0.2) is 36.6 Å². The molecule has 20 heavy (non-hydrogen) atoms. The van der Waals surface area contributed by atoms with E-state index in [1.165, 1.54) is 38.5 Å². The van der Waals surface area contributed by atoms with Crippen molar-refractivity contribution in [3.8, 4) is 0 Å². The van der Waals surface area contributed by atoms with Gasteiger partial charge in [0.15, 0.2) is 0 Å². The lowest BCUT2D eigenvalue weighted by Gasteiger charge is -2.58. The van der Waals surface area contributed by atoms with Gasteiger partial charge in [0.1, 0.15) is 12.1 Å². The first-order valence-corrected chi connectivity index (χ1v) is 8.44. The molecule has 5 aliphatic rings. The summed E-state index contributed by atoms with van der Waals surface area (Å²) in [4.78, 5) is 14.3. The standard InChI is InChI=1S/C17H27NO2/c1-11-3-15(16(19)20-11)18(2)10-17-7-12-4-13(8-17)6-14(5-12)9-17/h11-15H,3-10H2,1-2H3/t11-,12?,13?,14?,15-,17?/m0/s1. The fourth-order valence-electron chi connectivity index (χ4n) is 6.22. The van der Waals surface area contributed by atoms with Crippen LogP contribution in [0.5, 0.6) is 0 Å². The third kappa shape index (κ3) is 2.09. The summed E-state index contributed by atoms with van der Waals surface area (Å²) >= 11 is 0. The molecule has 1 heterocycles. The van der Waals surface area contributed by atoms with E-state index in [4.69, 9.17) is 4.74 Å². The summed E-state index contributed by atoms with van der Waals surface area (Å²) in [6.45, 7) is 3.12. The molecule has 3 nitrogen and oxygen atoms in total. The number of carbonyl (C=O) groups is 1. The molecule has 3 heteroatoms. The molecule has 1 aliphatic heterocycles. The molecule has 0 spiro atoms. The summed E-state index contributed by atoms with van der Waals surface area (Å²) < 4.78 is 5.34. The fourth-order valence-corrected chi connectivity index (χ4v) is 6.22. The van der Waals surface area contributed by atoms with Crippen molar-refractivity contribution in [1.82, 2.24) is 4.90 Å². The van der Waals surface area contributed by atoms with E-state index in [-0.39, 0.29) is 18.1 Å². The van der Waals surface area contributed by atoms with Gasteiger partial charge >= 0.3 is 5.97 Å². The van der Waals surface area contributed by atoms with Crippen LogP contribution in [-0.2, 0) is 9.53 Å². The predicted molar refractivity (Wildman–Crippen MR) is 77.2 cm³/mol. The highest BCUT2D eigenvalue weighted by atomic mass is 16.6. The van der Waals surface area contributed by atoms with E-state index in [0.717, 1.165) is 30.7 Å². The molecule has 0 radical (unpaired) electrons. The Labute approximate surface area is 122 Å². The van der Waals surface area contributed by atoms with Crippen LogP contribution < -0.4 is 0 Å². The zero-order valence-corrected chi connectivity index (χ0v) is 12.8. The van der Waals surface area contributed by atoms with Gasteiger partial charge in [0.25, 0.3) is 0 Å². The molecule has 112 valence electrons. The minimum Gasteiger partial charge on any atom is -0.461 e. The second-order valence-electron chi connectivity index (χ2n) is 8.33. The van der Waals surface area contributed by atoms with Crippen molar-refractivity contribution in [3.05, 3.63) is 0 Å². The van der Waals surface area contributed by atoms with Crippen molar-refractivity contribution in [2.24, 2.45) is 23.2 Å². The molecule has 0 aromatic carbocycles. The van der Waals surface area contributed by atoms with E-state index < -0.39 is 0 Å². The lowest BCUT2D eigenvalue weighted by molar-refractivity contribution is -0.145. The van der Waals surface area contributed by atoms with Crippen molar-refractivity contribution in [3.63, 3.8) is 0 Å². The number of hydrogen-bond donors (Lipinski definition) is 0. The SMILES string of the molecule is C[C@H]1C[C@H](N(C)CC23CC4CC(CC(C4)C2)C3)C(=O)O1. The van der Waals surface area contributed by atoms with Gasteiger partial charge in [-0.25, -0.2) is 0 Å². The molecule has 0 N–H and O–H groups in total. The van der Waals surface area contributed by atoms with Crippen LogP contribution in [0.15, 0.2) is 0 Å². The number of rotatable bonds is 3. The molecule has 0 aromatic heterocycles. The molecule has 0 aromatic rings. The fraction of sp³-hybridized carbons (Fsp3) is 0.941. The topological polar surface area (TPSA) is 29.5 Å². The van der Waals surface area contributed by atoms with Crippen LogP contribution in [0.2, 0.25) is 0 Å². The van der Waals surface area contributed by atoms with Crippen LogP contribution in [0, 0.1) is 23.2 Å². The molecule has 0 unspecified atom stereocenters. The van der Waals surface area contributed by atoms with Gasteiger partial charge in [-0.05, 0) is 75.7 Å².